The summed E-state index contributed by atoms with van der Waals surface area (Å²) >= 11 is 0. The number of ether oxygens (including phenoxy) is 1. The summed E-state index contributed by atoms with van der Waals surface area (Å²) in [5.74, 6) is -0.644. The molecule has 19 heavy (non-hydrogen) atoms. The van der Waals surface area contributed by atoms with Crippen molar-refractivity contribution < 1.29 is 19.4 Å². The summed E-state index contributed by atoms with van der Waals surface area (Å²) < 4.78 is 5.47. The van der Waals surface area contributed by atoms with E-state index in [9.17, 15) is 9.59 Å². The van der Waals surface area contributed by atoms with E-state index in [1.165, 1.54) is 6.92 Å². The van der Waals surface area contributed by atoms with Gasteiger partial charge in [0.1, 0.15) is 11.8 Å². The second kappa shape index (κ2) is 7.41. The van der Waals surface area contributed by atoms with Crippen molar-refractivity contribution in [2.24, 2.45) is 0 Å². The van der Waals surface area contributed by atoms with Crippen LogP contribution in [-0.2, 0) is 16.0 Å². The topological polar surface area (TPSA) is 75.6 Å². The van der Waals surface area contributed by atoms with E-state index in [0.717, 1.165) is 17.7 Å². The maximum absolute atomic E-state index is 11.6. The van der Waals surface area contributed by atoms with Crippen molar-refractivity contribution in [3.8, 4) is 5.75 Å². The fourth-order valence-electron chi connectivity index (χ4n) is 1.50. The lowest BCUT2D eigenvalue weighted by atomic mass is 10.1. The lowest BCUT2D eigenvalue weighted by Gasteiger charge is -2.10. The fraction of sp³-hybridized carbons (Fsp3) is 0.429. The van der Waals surface area contributed by atoms with Gasteiger partial charge in [-0.15, -0.1) is 0 Å². The van der Waals surface area contributed by atoms with Crippen molar-refractivity contribution in [2.45, 2.75) is 32.7 Å². The molecule has 0 aliphatic heterocycles. The summed E-state index contributed by atoms with van der Waals surface area (Å²) in [5.41, 5.74) is 0.795. The summed E-state index contributed by atoms with van der Waals surface area (Å²) in [7, 11) is 0. The van der Waals surface area contributed by atoms with Crippen molar-refractivity contribution in [1.29, 1.82) is 0 Å². The zero-order valence-electron chi connectivity index (χ0n) is 11.2. The van der Waals surface area contributed by atoms with E-state index in [-0.39, 0.29) is 12.3 Å². The third-order valence-electron chi connectivity index (χ3n) is 2.48. The normalized spacial score (nSPS) is 11.7. The van der Waals surface area contributed by atoms with Crippen molar-refractivity contribution in [1.82, 2.24) is 5.32 Å². The Kier molecular flexibility index (Phi) is 5.85. The molecular formula is C14H19NO4. The maximum Gasteiger partial charge on any atom is 0.325 e. The summed E-state index contributed by atoms with van der Waals surface area (Å²) in [6.07, 6.45) is 1.06. The molecule has 0 saturated carbocycles. The van der Waals surface area contributed by atoms with E-state index in [0.29, 0.717) is 6.61 Å². The zero-order valence-corrected chi connectivity index (χ0v) is 11.2. The number of carbonyl (C=O) groups excluding carboxylic acids is 1. The molecule has 104 valence electrons. The molecule has 0 aliphatic rings. The van der Waals surface area contributed by atoms with Gasteiger partial charge in [0.25, 0.3) is 0 Å². The molecule has 0 bridgehead atoms. The highest BCUT2D eigenvalue weighted by Crippen LogP contribution is 2.14. The Balaban J connectivity index is 2.56. The highest BCUT2D eigenvalue weighted by Gasteiger charge is 2.14. The quantitative estimate of drug-likeness (QED) is 0.785. The van der Waals surface area contributed by atoms with E-state index in [4.69, 9.17) is 9.84 Å². The first-order valence-electron chi connectivity index (χ1n) is 6.26. The van der Waals surface area contributed by atoms with Crippen LogP contribution in [0.3, 0.4) is 0 Å². The number of amides is 1. The van der Waals surface area contributed by atoms with Crippen molar-refractivity contribution in [3.63, 3.8) is 0 Å². The molecule has 0 aromatic heterocycles. The van der Waals surface area contributed by atoms with Crippen molar-refractivity contribution in [2.75, 3.05) is 6.61 Å². The average Bonchev–Trinajstić information content (AvgIpc) is 2.36. The highest BCUT2D eigenvalue weighted by molar-refractivity contribution is 5.84. The molecule has 1 rings (SSSR count). The smallest absolute Gasteiger partial charge is 0.325 e. The Labute approximate surface area is 112 Å². The third kappa shape index (κ3) is 5.42. The van der Waals surface area contributed by atoms with Gasteiger partial charge in [0.2, 0.25) is 5.91 Å². The van der Waals surface area contributed by atoms with E-state index in [2.05, 4.69) is 5.32 Å². The number of carboxylic acid groups (broad SMARTS) is 1. The van der Waals surface area contributed by atoms with Crippen molar-refractivity contribution >= 4 is 11.9 Å². The predicted octanol–water partition coefficient (Wildman–Crippen LogP) is 1.61. The molecule has 2 N–H and O–H groups in total. The van der Waals surface area contributed by atoms with Crippen LogP contribution in [0.25, 0.3) is 0 Å². The van der Waals surface area contributed by atoms with Gasteiger partial charge in [0, 0.05) is 0 Å². The van der Waals surface area contributed by atoms with Gasteiger partial charge >= 0.3 is 5.97 Å². The van der Waals surface area contributed by atoms with Gasteiger partial charge in [-0.3, -0.25) is 9.59 Å². The first-order valence-corrected chi connectivity index (χ1v) is 6.26. The van der Waals surface area contributed by atoms with Crippen LogP contribution in [0, 0.1) is 0 Å². The van der Waals surface area contributed by atoms with Gasteiger partial charge in [-0.2, -0.15) is 0 Å². The number of hydrogen-bond donors (Lipinski definition) is 2. The second-order valence-corrected chi connectivity index (χ2v) is 4.30. The molecule has 1 unspecified atom stereocenters. The highest BCUT2D eigenvalue weighted by atomic mass is 16.5. The molecular weight excluding hydrogens is 246 g/mol. The summed E-state index contributed by atoms with van der Waals surface area (Å²) in [4.78, 5) is 22.3. The number of carboxylic acids is 1. The fourth-order valence-corrected chi connectivity index (χ4v) is 1.50. The van der Waals surface area contributed by atoms with Crippen LogP contribution in [0.2, 0.25) is 0 Å². The Hall–Kier alpha value is -2.04. The van der Waals surface area contributed by atoms with Crippen LogP contribution in [0.15, 0.2) is 24.3 Å². The Morgan fingerprint density at radius 2 is 2.16 bits per heavy atom. The van der Waals surface area contributed by atoms with Crippen molar-refractivity contribution in [3.05, 3.63) is 29.8 Å². The first-order chi connectivity index (χ1) is 9.02. The number of aliphatic carboxylic acids is 1. The third-order valence-corrected chi connectivity index (χ3v) is 2.48. The number of nitrogens with one attached hydrogen (secondary N) is 1. The summed E-state index contributed by atoms with van der Waals surface area (Å²) in [6.45, 7) is 4.08. The Bertz CT molecular complexity index is 445. The number of carbonyl (C=O) groups is 2. The van der Waals surface area contributed by atoms with Crippen LogP contribution in [-0.4, -0.2) is 29.6 Å². The minimum atomic E-state index is -1.05. The van der Waals surface area contributed by atoms with Gasteiger partial charge in [0.15, 0.2) is 0 Å². The molecule has 1 aromatic rings. The molecule has 5 heteroatoms. The van der Waals surface area contributed by atoms with Crippen LogP contribution >= 0.6 is 0 Å². The van der Waals surface area contributed by atoms with E-state index >= 15 is 0 Å². The van der Waals surface area contributed by atoms with Crippen LogP contribution in [0.5, 0.6) is 5.75 Å². The molecule has 0 spiro atoms. The second-order valence-electron chi connectivity index (χ2n) is 4.30. The van der Waals surface area contributed by atoms with E-state index in [1.807, 2.05) is 25.1 Å². The van der Waals surface area contributed by atoms with Gasteiger partial charge in [-0.1, -0.05) is 19.1 Å². The monoisotopic (exact) mass is 265 g/mol. The molecule has 1 aromatic carbocycles. The number of rotatable bonds is 7. The number of benzene rings is 1. The Morgan fingerprint density at radius 1 is 1.42 bits per heavy atom. The van der Waals surface area contributed by atoms with E-state index in [1.54, 1.807) is 6.07 Å². The van der Waals surface area contributed by atoms with Crippen LogP contribution in [0.4, 0.5) is 0 Å². The Morgan fingerprint density at radius 3 is 2.79 bits per heavy atom. The summed E-state index contributed by atoms with van der Waals surface area (Å²) in [6, 6.07) is 6.36. The van der Waals surface area contributed by atoms with Gasteiger partial charge < -0.3 is 15.2 Å². The molecule has 5 nitrogen and oxygen atoms in total. The van der Waals surface area contributed by atoms with E-state index < -0.39 is 12.0 Å². The summed E-state index contributed by atoms with van der Waals surface area (Å²) in [5, 5.41) is 11.1. The average molecular weight is 265 g/mol. The van der Waals surface area contributed by atoms with Gasteiger partial charge in [-0.25, -0.2) is 0 Å². The lowest BCUT2D eigenvalue weighted by Crippen LogP contribution is -2.39. The largest absolute Gasteiger partial charge is 0.494 e. The molecule has 0 saturated heterocycles. The molecule has 0 heterocycles. The number of hydrogen-bond acceptors (Lipinski definition) is 3. The molecule has 0 fully saturated rings. The SMILES string of the molecule is CCCOc1cccc(CC(=O)NC(C)C(=O)O)c1. The van der Waals surface area contributed by atoms with Crippen LogP contribution in [0.1, 0.15) is 25.8 Å². The molecule has 1 amide bonds. The molecule has 0 aliphatic carbocycles. The zero-order chi connectivity index (χ0) is 14.3. The lowest BCUT2D eigenvalue weighted by molar-refractivity contribution is -0.141. The maximum atomic E-state index is 11.6. The minimum Gasteiger partial charge on any atom is -0.494 e. The predicted molar refractivity (Wildman–Crippen MR) is 71.2 cm³/mol. The van der Waals surface area contributed by atoms with Gasteiger partial charge in [-0.05, 0) is 31.0 Å². The van der Waals surface area contributed by atoms with Crippen LogP contribution < -0.4 is 10.1 Å². The van der Waals surface area contributed by atoms with Gasteiger partial charge in [0.05, 0.1) is 13.0 Å². The first kappa shape index (κ1) is 15.0. The standard InChI is InChI=1S/C14H19NO4/c1-3-7-19-12-6-4-5-11(8-12)9-13(16)15-10(2)14(17)18/h4-6,8,10H,3,7,9H2,1-2H3,(H,15,16)(H,17,18). The molecule has 1 atom stereocenters. The molecule has 0 radical (unpaired) electrons. The minimum absolute atomic E-state index is 0.140.